The van der Waals surface area contributed by atoms with E-state index < -0.39 is 0 Å². The van der Waals surface area contributed by atoms with Crippen LogP contribution in [0.2, 0.25) is 0 Å². The standard InChI is InChI=1S/C22H18FN5O2/c1-27-10-5-11-28(21-20(27)24-16-8-2-3-9-17(16)25-21)22(29)19-13-18(26-30-19)14-6-4-7-15(23)12-14/h2-4,6-9,12-13H,5,10-11H2,1H3. The van der Waals surface area contributed by atoms with E-state index in [0.717, 1.165) is 18.5 Å². The van der Waals surface area contributed by atoms with Crippen LogP contribution in [0.1, 0.15) is 17.0 Å². The van der Waals surface area contributed by atoms with E-state index in [9.17, 15) is 9.18 Å². The van der Waals surface area contributed by atoms with Gasteiger partial charge in [-0.15, -0.1) is 0 Å². The van der Waals surface area contributed by atoms with Crippen LogP contribution in [0.3, 0.4) is 0 Å². The van der Waals surface area contributed by atoms with Gasteiger partial charge in [0.25, 0.3) is 5.91 Å². The van der Waals surface area contributed by atoms with Crippen LogP contribution in [0.25, 0.3) is 22.3 Å². The molecule has 0 bridgehead atoms. The van der Waals surface area contributed by atoms with Gasteiger partial charge in [0.15, 0.2) is 11.6 Å². The van der Waals surface area contributed by atoms with E-state index in [1.807, 2.05) is 36.2 Å². The van der Waals surface area contributed by atoms with Gasteiger partial charge in [-0.2, -0.15) is 0 Å². The number of nitrogens with zero attached hydrogens (tertiary/aromatic N) is 5. The molecular weight excluding hydrogens is 385 g/mol. The van der Waals surface area contributed by atoms with Gasteiger partial charge in [-0.3, -0.25) is 9.69 Å². The molecule has 30 heavy (non-hydrogen) atoms. The molecule has 4 aromatic rings. The monoisotopic (exact) mass is 403 g/mol. The lowest BCUT2D eigenvalue weighted by molar-refractivity contribution is 0.0951. The minimum absolute atomic E-state index is 0.0692. The summed E-state index contributed by atoms with van der Waals surface area (Å²) in [6.45, 7) is 1.22. The largest absolute Gasteiger partial charge is 0.357 e. The summed E-state index contributed by atoms with van der Waals surface area (Å²) in [7, 11) is 1.94. The molecule has 2 aromatic carbocycles. The van der Waals surface area contributed by atoms with Crippen LogP contribution in [0.15, 0.2) is 59.1 Å². The van der Waals surface area contributed by atoms with Crippen LogP contribution < -0.4 is 9.80 Å². The Hall–Kier alpha value is -3.81. The third-order valence-electron chi connectivity index (χ3n) is 5.11. The number of amides is 1. The molecule has 0 atom stereocenters. The van der Waals surface area contributed by atoms with Crippen molar-refractivity contribution in [1.82, 2.24) is 15.1 Å². The van der Waals surface area contributed by atoms with Crippen molar-refractivity contribution in [2.75, 3.05) is 29.9 Å². The SMILES string of the molecule is CN1CCCN(C(=O)c2cc(-c3cccc(F)c3)no2)c2nc3ccccc3nc21. The van der Waals surface area contributed by atoms with Crippen molar-refractivity contribution >= 4 is 28.6 Å². The van der Waals surface area contributed by atoms with E-state index in [1.54, 1.807) is 17.0 Å². The molecule has 8 heteroatoms. The molecule has 0 spiro atoms. The summed E-state index contributed by atoms with van der Waals surface area (Å²) in [5, 5.41) is 3.95. The normalized spacial score (nSPS) is 13.9. The van der Waals surface area contributed by atoms with Crippen LogP contribution in [-0.4, -0.2) is 41.2 Å². The third-order valence-corrected chi connectivity index (χ3v) is 5.11. The number of benzene rings is 2. The van der Waals surface area contributed by atoms with Crippen LogP contribution in [0.5, 0.6) is 0 Å². The van der Waals surface area contributed by atoms with Gasteiger partial charge in [-0.25, -0.2) is 14.4 Å². The Labute approximate surface area is 171 Å². The van der Waals surface area contributed by atoms with Crippen LogP contribution >= 0.6 is 0 Å². The molecule has 0 N–H and O–H groups in total. The summed E-state index contributed by atoms with van der Waals surface area (Å²) < 4.78 is 18.8. The predicted molar refractivity (Wildman–Crippen MR) is 111 cm³/mol. The maximum Gasteiger partial charge on any atom is 0.298 e. The van der Waals surface area contributed by atoms with Gasteiger partial charge < -0.3 is 9.42 Å². The molecule has 0 saturated heterocycles. The summed E-state index contributed by atoms with van der Waals surface area (Å²) in [5.41, 5.74) is 2.42. The summed E-state index contributed by atoms with van der Waals surface area (Å²) in [6, 6.07) is 15.1. The summed E-state index contributed by atoms with van der Waals surface area (Å²) in [5.74, 6) is 0.466. The van der Waals surface area contributed by atoms with Crippen LogP contribution in [0, 0.1) is 5.82 Å². The van der Waals surface area contributed by atoms with Crippen molar-refractivity contribution in [2.24, 2.45) is 0 Å². The highest BCUT2D eigenvalue weighted by Gasteiger charge is 2.29. The van der Waals surface area contributed by atoms with Crippen molar-refractivity contribution in [3.8, 4) is 11.3 Å². The van der Waals surface area contributed by atoms with Crippen molar-refractivity contribution in [2.45, 2.75) is 6.42 Å². The van der Waals surface area contributed by atoms with Crippen LogP contribution in [0.4, 0.5) is 16.0 Å². The Morgan fingerprint density at radius 1 is 1.00 bits per heavy atom. The zero-order valence-corrected chi connectivity index (χ0v) is 16.2. The first-order chi connectivity index (χ1) is 14.6. The van der Waals surface area contributed by atoms with E-state index in [0.29, 0.717) is 35.0 Å². The van der Waals surface area contributed by atoms with Gasteiger partial charge in [-0.1, -0.05) is 29.4 Å². The highest BCUT2D eigenvalue weighted by atomic mass is 19.1. The van der Waals surface area contributed by atoms with Gasteiger partial charge in [0, 0.05) is 31.8 Å². The molecule has 1 aliphatic rings. The van der Waals surface area contributed by atoms with Crippen LogP contribution in [-0.2, 0) is 0 Å². The fourth-order valence-electron chi connectivity index (χ4n) is 3.59. The Bertz CT molecular complexity index is 1260. The smallest absolute Gasteiger partial charge is 0.298 e. The van der Waals surface area contributed by atoms with Crippen molar-refractivity contribution in [1.29, 1.82) is 0 Å². The average molecular weight is 403 g/mol. The maximum atomic E-state index is 13.5. The van der Waals surface area contributed by atoms with E-state index in [1.165, 1.54) is 18.2 Å². The number of rotatable bonds is 2. The second kappa shape index (κ2) is 7.22. The van der Waals surface area contributed by atoms with Crippen molar-refractivity contribution in [3.63, 3.8) is 0 Å². The molecule has 0 saturated carbocycles. The molecule has 1 amide bonds. The minimum Gasteiger partial charge on any atom is -0.357 e. The number of hydrogen-bond acceptors (Lipinski definition) is 6. The molecule has 1 aliphatic heterocycles. The van der Waals surface area contributed by atoms with Gasteiger partial charge >= 0.3 is 0 Å². The molecule has 0 aliphatic carbocycles. The number of para-hydroxylation sites is 2. The first kappa shape index (κ1) is 18.2. The van der Waals surface area contributed by atoms with Gasteiger partial charge in [0.05, 0.1) is 11.0 Å². The molecule has 150 valence electrons. The number of carbonyl (C=O) groups is 1. The Morgan fingerprint density at radius 2 is 1.77 bits per heavy atom. The van der Waals surface area contributed by atoms with Gasteiger partial charge in [-0.05, 0) is 30.7 Å². The average Bonchev–Trinajstić information content (AvgIpc) is 3.20. The topological polar surface area (TPSA) is 75.4 Å². The summed E-state index contributed by atoms with van der Waals surface area (Å²) in [4.78, 5) is 26.3. The molecule has 2 aromatic heterocycles. The fraction of sp³-hybridized carbons (Fsp3) is 0.182. The molecule has 0 fully saturated rings. The van der Waals surface area contributed by atoms with E-state index in [4.69, 9.17) is 14.5 Å². The van der Waals surface area contributed by atoms with Crippen molar-refractivity contribution < 1.29 is 13.7 Å². The lowest BCUT2D eigenvalue weighted by Gasteiger charge is -2.21. The van der Waals surface area contributed by atoms with E-state index in [2.05, 4.69) is 5.16 Å². The number of carbonyl (C=O) groups excluding carboxylic acids is 1. The molecule has 5 rings (SSSR count). The molecule has 3 heterocycles. The second-order valence-corrected chi connectivity index (χ2v) is 7.18. The summed E-state index contributed by atoms with van der Waals surface area (Å²) >= 11 is 0. The Morgan fingerprint density at radius 3 is 2.53 bits per heavy atom. The first-order valence-electron chi connectivity index (χ1n) is 9.62. The van der Waals surface area contributed by atoms with E-state index >= 15 is 0 Å². The minimum atomic E-state index is -0.380. The second-order valence-electron chi connectivity index (χ2n) is 7.18. The third kappa shape index (κ3) is 3.16. The Kier molecular flexibility index (Phi) is 4.39. The lowest BCUT2D eigenvalue weighted by Crippen LogP contribution is -2.32. The first-order valence-corrected chi connectivity index (χ1v) is 9.62. The molecule has 0 radical (unpaired) electrons. The molecule has 7 nitrogen and oxygen atoms in total. The molecular formula is C22H18FN5O2. The Balaban J connectivity index is 1.55. The quantitative estimate of drug-likeness (QED) is 0.505. The van der Waals surface area contributed by atoms with Gasteiger partial charge in [0.2, 0.25) is 5.76 Å². The number of fused-ring (bicyclic) bond motifs is 2. The zero-order chi connectivity index (χ0) is 20.7. The molecule has 0 unspecified atom stereocenters. The highest BCUT2D eigenvalue weighted by molar-refractivity contribution is 6.06. The predicted octanol–water partition coefficient (Wildman–Crippen LogP) is 3.91. The number of hydrogen-bond donors (Lipinski definition) is 0. The van der Waals surface area contributed by atoms with Crippen molar-refractivity contribution in [3.05, 3.63) is 66.2 Å². The van der Waals surface area contributed by atoms with Gasteiger partial charge in [0.1, 0.15) is 11.5 Å². The fourth-order valence-corrected chi connectivity index (χ4v) is 3.59. The zero-order valence-electron chi connectivity index (χ0n) is 16.2. The van der Waals surface area contributed by atoms with E-state index in [-0.39, 0.29) is 17.5 Å². The number of aromatic nitrogens is 3. The maximum absolute atomic E-state index is 13.5. The lowest BCUT2D eigenvalue weighted by atomic mass is 10.1. The number of halogens is 1. The summed E-state index contributed by atoms with van der Waals surface area (Å²) in [6.07, 6.45) is 0.752. The number of anilines is 2. The highest BCUT2D eigenvalue weighted by Crippen LogP contribution is 2.31.